The van der Waals surface area contributed by atoms with Crippen molar-refractivity contribution in [3.05, 3.63) is 36.5 Å². The Labute approximate surface area is 149 Å². The van der Waals surface area contributed by atoms with Crippen molar-refractivity contribution in [2.45, 2.75) is 39.5 Å². The van der Waals surface area contributed by atoms with Crippen LogP contribution in [0.2, 0.25) is 0 Å². The van der Waals surface area contributed by atoms with Crippen LogP contribution in [0.3, 0.4) is 0 Å². The van der Waals surface area contributed by atoms with Crippen LogP contribution in [0.4, 0.5) is 0 Å². The number of thiocarbonyl (C=S) groups is 1. The highest BCUT2D eigenvalue weighted by Crippen LogP contribution is 2.65. The average molecular weight is 340 g/mol. The van der Waals surface area contributed by atoms with Gasteiger partial charge in [0.25, 0.3) is 0 Å². The van der Waals surface area contributed by atoms with Gasteiger partial charge in [0.2, 0.25) is 0 Å². The zero-order valence-electron chi connectivity index (χ0n) is 14.4. The van der Waals surface area contributed by atoms with Crippen LogP contribution < -0.4 is 0 Å². The SMILES string of the molecule is C=C1C(=C)[C@@H]2[C@H](CC[C@]3(C)C(=O)CC[C@@H]23)[C@@]2(C)C=CC(=O)C(=S)C12. The number of hydrogen-bond acceptors (Lipinski definition) is 3. The number of fused-ring (bicyclic) bond motifs is 5. The monoisotopic (exact) mass is 340 g/mol. The highest BCUT2D eigenvalue weighted by molar-refractivity contribution is 7.82. The summed E-state index contributed by atoms with van der Waals surface area (Å²) in [4.78, 5) is 25.1. The van der Waals surface area contributed by atoms with E-state index in [-0.39, 0.29) is 28.4 Å². The van der Waals surface area contributed by atoms with E-state index >= 15 is 0 Å². The number of ketones is 2. The van der Waals surface area contributed by atoms with Crippen LogP contribution >= 0.6 is 12.2 Å². The highest BCUT2D eigenvalue weighted by Gasteiger charge is 2.62. The molecule has 3 fully saturated rings. The van der Waals surface area contributed by atoms with Gasteiger partial charge in [-0.05, 0) is 54.2 Å². The minimum Gasteiger partial charge on any atom is -0.299 e. The van der Waals surface area contributed by atoms with Gasteiger partial charge in [-0.1, -0.05) is 45.3 Å². The number of allylic oxidation sites excluding steroid dienone is 4. The zero-order valence-corrected chi connectivity index (χ0v) is 15.2. The molecule has 24 heavy (non-hydrogen) atoms. The molecule has 1 unspecified atom stereocenters. The summed E-state index contributed by atoms with van der Waals surface area (Å²) < 4.78 is 0. The lowest BCUT2D eigenvalue weighted by atomic mass is 9.44. The standard InChI is InChI=1S/C21H24O2S/c1-11-12(2)18-19(24)15(22)8-10-21(18,4)14-7-9-20(3)13(17(11)14)5-6-16(20)23/h8,10,13-14,17-18H,1-2,5-7,9H2,3-4H3/t13-,14-,17-,18?,20-,21+/m0/s1. The summed E-state index contributed by atoms with van der Waals surface area (Å²) in [5.74, 6) is 1.26. The predicted octanol–water partition coefficient (Wildman–Crippen LogP) is 4.26. The maximum Gasteiger partial charge on any atom is 0.192 e. The smallest absolute Gasteiger partial charge is 0.192 e. The summed E-state index contributed by atoms with van der Waals surface area (Å²) in [5, 5.41) is 0. The van der Waals surface area contributed by atoms with Gasteiger partial charge in [-0.3, -0.25) is 9.59 Å². The van der Waals surface area contributed by atoms with Crippen LogP contribution in [-0.4, -0.2) is 16.4 Å². The second kappa shape index (κ2) is 4.85. The molecule has 0 radical (unpaired) electrons. The third kappa shape index (κ3) is 1.74. The molecular formula is C21H24O2S. The zero-order chi connectivity index (χ0) is 17.4. The molecule has 6 atom stereocenters. The van der Waals surface area contributed by atoms with E-state index in [1.165, 1.54) is 0 Å². The Hall–Kier alpha value is -1.35. The first-order chi connectivity index (χ1) is 11.2. The van der Waals surface area contributed by atoms with Gasteiger partial charge in [0.05, 0.1) is 4.86 Å². The Balaban J connectivity index is 1.85. The fourth-order valence-electron chi connectivity index (χ4n) is 6.23. The Bertz CT molecular complexity index is 745. The number of carbonyl (C=O) groups excluding carboxylic acids is 2. The van der Waals surface area contributed by atoms with Crippen molar-refractivity contribution in [3.63, 3.8) is 0 Å². The molecule has 4 rings (SSSR count). The molecule has 0 saturated heterocycles. The third-order valence-corrected chi connectivity index (χ3v) is 8.10. The molecule has 0 aromatic heterocycles. The molecule has 0 aromatic carbocycles. The fourth-order valence-corrected chi connectivity index (χ4v) is 6.69. The fraction of sp³-hybridized carbons (Fsp3) is 0.571. The molecule has 4 aliphatic rings. The summed E-state index contributed by atoms with van der Waals surface area (Å²) in [6, 6.07) is 0. The second-order valence-corrected chi connectivity index (χ2v) is 9.01. The number of hydrogen-bond donors (Lipinski definition) is 0. The average Bonchev–Trinajstić information content (AvgIpc) is 2.84. The van der Waals surface area contributed by atoms with Crippen LogP contribution in [0.5, 0.6) is 0 Å². The highest BCUT2D eigenvalue weighted by atomic mass is 32.1. The van der Waals surface area contributed by atoms with Gasteiger partial charge in [0, 0.05) is 23.2 Å². The van der Waals surface area contributed by atoms with E-state index in [4.69, 9.17) is 12.2 Å². The molecule has 0 spiro atoms. The largest absolute Gasteiger partial charge is 0.299 e. The topological polar surface area (TPSA) is 34.1 Å². The Kier molecular flexibility index (Phi) is 3.26. The number of Topliss-reactive ketones (excluding diaryl/α,β-unsaturated/α-hetero) is 1. The van der Waals surface area contributed by atoms with E-state index in [2.05, 4.69) is 33.1 Å². The Morgan fingerprint density at radius 1 is 1.12 bits per heavy atom. The van der Waals surface area contributed by atoms with Crippen molar-refractivity contribution in [3.8, 4) is 0 Å². The Morgan fingerprint density at radius 3 is 2.54 bits per heavy atom. The van der Waals surface area contributed by atoms with E-state index in [0.29, 0.717) is 28.9 Å². The summed E-state index contributed by atoms with van der Waals surface area (Å²) in [5.41, 5.74) is 1.58. The lowest BCUT2D eigenvalue weighted by Crippen LogP contribution is -2.55. The van der Waals surface area contributed by atoms with Gasteiger partial charge < -0.3 is 0 Å². The van der Waals surface area contributed by atoms with Crippen molar-refractivity contribution in [1.82, 2.24) is 0 Å². The number of carbonyl (C=O) groups is 2. The maximum atomic E-state index is 12.5. The molecule has 3 heteroatoms. The first-order valence-corrected chi connectivity index (χ1v) is 9.31. The maximum absolute atomic E-state index is 12.5. The summed E-state index contributed by atoms with van der Waals surface area (Å²) >= 11 is 5.50. The molecular weight excluding hydrogens is 316 g/mol. The summed E-state index contributed by atoms with van der Waals surface area (Å²) in [6.07, 6.45) is 7.31. The van der Waals surface area contributed by atoms with Gasteiger partial charge >= 0.3 is 0 Å². The molecule has 3 saturated carbocycles. The molecule has 0 bridgehead atoms. The van der Waals surface area contributed by atoms with E-state index in [9.17, 15) is 9.59 Å². The number of rotatable bonds is 0. The van der Waals surface area contributed by atoms with Gasteiger partial charge in [-0.25, -0.2) is 0 Å². The van der Waals surface area contributed by atoms with E-state index in [1.807, 2.05) is 0 Å². The normalized spacial score (nSPS) is 47.5. The van der Waals surface area contributed by atoms with Crippen LogP contribution in [-0.2, 0) is 9.59 Å². The van der Waals surface area contributed by atoms with E-state index in [1.54, 1.807) is 6.08 Å². The summed E-state index contributed by atoms with van der Waals surface area (Å²) in [6.45, 7) is 13.0. The van der Waals surface area contributed by atoms with E-state index in [0.717, 1.165) is 30.4 Å². The molecule has 0 amide bonds. The molecule has 0 aliphatic heterocycles. The van der Waals surface area contributed by atoms with Gasteiger partial charge in [0.15, 0.2) is 5.78 Å². The molecule has 126 valence electrons. The lowest BCUT2D eigenvalue weighted by Gasteiger charge is -2.59. The van der Waals surface area contributed by atoms with Crippen molar-refractivity contribution in [2.24, 2.45) is 34.5 Å². The van der Waals surface area contributed by atoms with Crippen LogP contribution in [0.1, 0.15) is 39.5 Å². The van der Waals surface area contributed by atoms with Crippen LogP contribution in [0.25, 0.3) is 0 Å². The Morgan fingerprint density at radius 2 is 1.83 bits per heavy atom. The van der Waals surface area contributed by atoms with E-state index < -0.39 is 0 Å². The minimum atomic E-state index is -0.206. The minimum absolute atomic E-state index is 0.0587. The third-order valence-electron chi connectivity index (χ3n) is 7.66. The molecule has 0 N–H and O–H groups in total. The van der Waals surface area contributed by atoms with Gasteiger partial charge in [-0.15, -0.1) is 0 Å². The van der Waals surface area contributed by atoms with Crippen LogP contribution in [0.15, 0.2) is 36.5 Å². The first-order valence-electron chi connectivity index (χ1n) is 8.90. The predicted molar refractivity (Wildman–Crippen MR) is 98.7 cm³/mol. The molecule has 4 aliphatic carbocycles. The summed E-state index contributed by atoms with van der Waals surface area (Å²) in [7, 11) is 0. The lowest BCUT2D eigenvalue weighted by molar-refractivity contribution is -0.130. The van der Waals surface area contributed by atoms with Crippen molar-refractivity contribution >= 4 is 28.6 Å². The van der Waals surface area contributed by atoms with Crippen LogP contribution in [0, 0.1) is 34.5 Å². The molecule has 0 aromatic rings. The molecule has 2 nitrogen and oxygen atoms in total. The quantitative estimate of drug-likeness (QED) is 0.618. The van der Waals surface area contributed by atoms with Gasteiger partial charge in [0.1, 0.15) is 5.78 Å². The van der Waals surface area contributed by atoms with Crippen molar-refractivity contribution < 1.29 is 9.59 Å². The van der Waals surface area contributed by atoms with Gasteiger partial charge in [-0.2, -0.15) is 0 Å². The van der Waals surface area contributed by atoms with Crippen molar-refractivity contribution in [2.75, 3.05) is 0 Å². The second-order valence-electron chi connectivity index (χ2n) is 8.57. The molecule has 0 heterocycles. The first kappa shape index (κ1) is 16.1. The van der Waals surface area contributed by atoms with Crippen molar-refractivity contribution in [1.29, 1.82) is 0 Å².